The SMILES string of the molecule is COc1cc2nc(C)nc(N[C@H](C)c3cc(N)cc(C(F)(F)F)c3F)c2cc1OCC1([C@H](C)N(C)C)COC1. The highest BCUT2D eigenvalue weighted by Gasteiger charge is 2.45. The number of fused-ring (bicyclic) bond motifs is 1. The molecule has 39 heavy (non-hydrogen) atoms. The van der Waals surface area contributed by atoms with Crippen molar-refractivity contribution >= 4 is 22.4 Å². The summed E-state index contributed by atoms with van der Waals surface area (Å²) in [5.41, 5.74) is 4.15. The van der Waals surface area contributed by atoms with E-state index in [0.29, 0.717) is 59.9 Å². The fraction of sp³-hybridized carbons (Fsp3) is 0.481. The number of nitrogen functional groups attached to an aromatic ring is 1. The van der Waals surface area contributed by atoms with Crippen LogP contribution in [0.2, 0.25) is 0 Å². The second-order valence-corrected chi connectivity index (χ2v) is 10.3. The van der Waals surface area contributed by atoms with E-state index in [4.69, 9.17) is 19.9 Å². The minimum atomic E-state index is -4.89. The molecule has 3 aromatic rings. The zero-order valence-electron chi connectivity index (χ0n) is 22.7. The predicted molar refractivity (Wildman–Crippen MR) is 141 cm³/mol. The molecule has 0 aliphatic carbocycles. The molecule has 12 heteroatoms. The average Bonchev–Trinajstić information content (AvgIpc) is 2.83. The largest absolute Gasteiger partial charge is 0.493 e. The monoisotopic (exact) mass is 551 g/mol. The molecular formula is C27H33F4N5O3. The van der Waals surface area contributed by atoms with Crippen molar-refractivity contribution in [3.63, 3.8) is 0 Å². The van der Waals surface area contributed by atoms with Crippen LogP contribution >= 0.6 is 0 Å². The molecular weight excluding hydrogens is 518 g/mol. The standard InChI is InChI=1S/C27H33F4N5O3/c1-14(18-7-17(32)8-20(24(18)28)27(29,30)31)33-25-19-9-23(22(37-6)10-21(19)34-16(3)35-25)39-13-26(11-38-12-26)15(2)36(4)5/h7-10,14-15H,11-13,32H2,1-6H3,(H,33,34,35)/t14-,15+/m1/s1. The summed E-state index contributed by atoms with van der Waals surface area (Å²) in [7, 11) is 5.52. The van der Waals surface area contributed by atoms with Crippen molar-refractivity contribution in [1.82, 2.24) is 14.9 Å². The number of hydrogen-bond donors (Lipinski definition) is 2. The highest BCUT2D eigenvalue weighted by Crippen LogP contribution is 2.40. The molecule has 0 spiro atoms. The molecule has 1 fully saturated rings. The van der Waals surface area contributed by atoms with Gasteiger partial charge in [-0.15, -0.1) is 0 Å². The van der Waals surface area contributed by atoms with E-state index in [0.717, 1.165) is 0 Å². The Hall–Kier alpha value is -3.38. The molecule has 2 atom stereocenters. The predicted octanol–water partition coefficient (Wildman–Crippen LogP) is 5.21. The van der Waals surface area contributed by atoms with Gasteiger partial charge in [0.15, 0.2) is 11.5 Å². The molecule has 212 valence electrons. The molecule has 3 N–H and O–H groups in total. The number of benzene rings is 2. The van der Waals surface area contributed by atoms with Gasteiger partial charge in [0.25, 0.3) is 0 Å². The summed E-state index contributed by atoms with van der Waals surface area (Å²) >= 11 is 0. The van der Waals surface area contributed by atoms with E-state index in [1.807, 2.05) is 14.1 Å². The Morgan fingerprint density at radius 1 is 1.13 bits per heavy atom. The lowest BCUT2D eigenvalue weighted by molar-refractivity contribution is -0.162. The quantitative estimate of drug-likeness (QED) is 0.277. The van der Waals surface area contributed by atoms with Crippen LogP contribution in [-0.4, -0.2) is 61.9 Å². The lowest BCUT2D eigenvalue weighted by atomic mass is 9.79. The number of nitrogens with one attached hydrogen (secondary N) is 1. The van der Waals surface area contributed by atoms with Gasteiger partial charge >= 0.3 is 6.18 Å². The Labute approximate surface area is 224 Å². The third-order valence-corrected chi connectivity index (χ3v) is 7.30. The maximum atomic E-state index is 14.9. The number of methoxy groups -OCH3 is 1. The number of anilines is 2. The highest BCUT2D eigenvalue weighted by molar-refractivity contribution is 5.92. The van der Waals surface area contributed by atoms with Gasteiger partial charge in [-0.1, -0.05) is 0 Å². The molecule has 2 heterocycles. The first-order valence-corrected chi connectivity index (χ1v) is 12.4. The van der Waals surface area contributed by atoms with E-state index in [1.165, 1.54) is 20.1 Å². The zero-order valence-corrected chi connectivity index (χ0v) is 22.7. The van der Waals surface area contributed by atoms with E-state index in [2.05, 4.69) is 27.1 Å². The normalized spacial score (nSPS) is 16.6. The molecule has 0 radical (unpaired) electrons. The molecule has 0 unspecified atom stereocenters. The second kappa shape index (κ2) is 10.6. The Balaban J connectivity index is 1.70. The van der Waals surface area contributed by atoms with E-state index >= 15 is 0 Å². The Morgan fingerprint density at radius 2 is 1.82 bits per heavy atom. The Kier molecular flexibility index (Phi) is 7.82. The highest BCUT2D eigenvalue weighted by atomic mass is 19.4. The lowest BCUT2D eigenvalue weighted by Crippen LogP contribution is -2.58. The minimum Gasteiger partial charge on any atom is -0.493 e. The first kappa shape index (κ1) is 28.6. The summed E-state index contributed by atoms with van der Waals surface area (Å²) in [6, 6.07) is 4.47. The van der Waals surface area contributed by atoms with Crippen LogP contribution in [0.5, 0.6) is 11.5 Å². The van der Waals surface area contributed by atoms with E-state index in [1.54, 1.807) is 19.1 Å². The van der Waals surface area contributed by atoms with Crippen LogP contribution in [0.1, 0.15) is 36.8 Å². The summed E-state index contributed by atoms with van der Waals surface area (Å²) in [4.78, 5) is 11.0. The summed E-state index contributed by atoms with van der Waals surface area (Å²) in [5, 5.41) is 3.57. The van der Waals surface area contributed by atoms with Gasteiger partial charge in [-0.2, -0.15) is 13.2 Å². The van der Waals surface area contributed by atoms with Gasteiger partial charge in [-0.05, 0) is 53.1 Å². The van der Waals surface area contributed by atoms with Gasteiger partial charge in [-0.3, -0.25) is 0 Å². The minimum absolute atomic E-state index is 0.191. The van der Waals surface area contributed by atoms with Crippen LogP contribution in [0.15, 0.2) is 24.3 Å². The number of alkyl halides is 3. The van der Waals surface area contributed by atoms with E-state index in [-0.39, 0.29) is 22.7 Å². The molecule has 8 nitrogen and oxygen atoms in total. The van der Waals surface area contributed by atoms with Crippen LogP contribution in [0, 0.1) is 18.2 Å². The maximum absolute atomic E-state index is 14.9. The molecule has 2 aromatic carbocycles. The number of aromatic nitrogens is 2. The number of hydrogen-bond acceptors (Lipinski definition) is 8. The van der Waals surface area contributed by atoms with Crippen LogP contribution in [0.25, 0.3) is 10.9 Å². The summed E-state index contributed by atoms with van der Waals surface area (Å²) < 4.78 is 72.4. The average molecular weight is 552 g/mol. The fourth-order valence-corrected chi connectivity index (χ4v) is 4.69. The van der Waals surface area contributed by atoms with Crippen LogP contribution in [-0.2, 0) is 10.9 Å². The third kappa shape index (κ3) is 5.67. The molecule has 1 aliphatic heterocycles. The van der Waals surface area contributed by atoms with E-state index < -0.39 is 23.6 Å². The molecule has 0 saturated carbocycles. The molecule has 1 saturated heterocycles. The van der Waals surface area contributed by atoms with Gasteiger partial charge in [0, 0.05) is 28.7 Å². The Bertz CT molecular complexity index is 1360. The first-order chi connectivity index (χ1) is 18.3. The van der Waals surface area contributed by atoms with Gasteiger partial charge < -0.3 is 30.2 Å². The van der Waals surface area contributed by atoms with Crippen LogP contribution in [0.3, 0.4) is 0 Å². The van der Waals surface area contributed by atoms with Crippen LogP contribution in [0.4, 0.5) is 29.1 Å². The lowest BCUT2D eigenvalue weighted by Gasteiger charge is -2.47. The molecule has 0 bridgehead atoms. The molecule has 1 aliphatic rings. The number of aryl methyl sites for hydroxylation is 1. The van der Waals surface area contributed by atoms with Crippen molar-refractivity contribution in [2.45, 2.75) is 39.0 Å². The summed E-state index contributed by atoms with van der Waals surface area (Å²) in [6.45, 7) is 6.81. The van der Waals surface area contributed by atoms with Gasteiger partial charge in [0.05, 0.1) is 49.5 Å². The van der Waals surface area contributed by atoms with Crippen molar-refractivity contribution < 1.29 is 31.8 Å². The van der Waals surface area contributed by atoms with Crippen molar-refractivity contribution in [2.24, 2.45) is 5.41 Å². The zero-order chi connectivity index (χ0) is 28.7. The summed E-state index contributed by atoms with van der Waals surface area (Å²) in [6.07, 6.45) is -4.89. The topological polar surface area (TPSA) is 94.8 Å². The second-order valence-electron chi connectivity index (χ2n) is 10.3. The van der Waals surface area contributed by atoms with Gasteiger partial charge in [0.1, 0.15) is 17.5 Å². The van der Waals surface area contributed by atoms with Gasteiger partial charge in [0.2, 0.25) is 0 Å². The van der Waals surface area contributed by atoms with Crippen molar-refractivity contribution in [2.75, 3.05) is 52.1 Å². The maximum Gasteiger partial charge on any atom is 0.419 e. The number of nitrogens with zero attached hydrogens (tertiary/aromatic N) is 3. The third-order valence-electron chi connectivity index (χ3n) is 7.30. The summed E-state index contributed by atoms with van der Waals surface area (Å²) in [5.74, 6) is 0.225. The smallest absolute Gasteiger partial charge is 0.419 e. The fourth-order valence-electron chi connectivity index (χ4n) is 4.69. The van der Waals surface area contributed by atoms with E-state index in [9.17, 15) is 17.6 Å². The number of halogens is 4. The van der Waals surface area contributed by atoms with Gasteiger partial charge in [-0.25, -0.2) is 14.4 Å². The first-order valence-electron chi connectivity index (χ1n) is 12.4. The van der Waals surface area contributed by atoms with Crippen molar-refractivity contribution in [3.8, 4) is 11.5 Å². The molecule has 0 amide bonds. The number of rotatable bonds is 9. The van der Waals surface area contributed by atoms with Crippen molar-refractivity contribution in [1.29, 1.82) is 0 Å². The van der Waals surface area contributed by atoms with Crippen LogP contribution < -0.4 is 20.5 Å². The Morgan fingerprint density at radius 3 is 2.38 bits per heavy atom. The molecule has 4 rings (SSSR count). The van der Waals surface area contributed by atoms with Crippen molar-refractivity contribution in [3.05, 3.63) is 47.0 Å². The molecule has 1 aromatic heterocycles. The number of ether oxygens (including phenoxy) is 3. The number of nitrogens with two attached hydrogens (primary N) is 1.